The molecule has 0 spiro atoms. The number of nitrogens with one attached hydrogen (secondary N) is 1. The Labute approximate surface area is 180 Å². The van der Waals surface area contributed by atoms with Gasteiger partial charge < -0.3 is 14.8 Å². The van der Waals surface area contributed by atoms with Crippen molar-refractivity contribution in [1.82, 2.24) is 19.2 Å². The highest BCUT2D eigenvalue weighted by Crippen LogP contribution is 2.19. The van der Waals surface area contributed by atoms with Gasteiger partial charge in [0.15, 0.2) is 11.1 Å². The van der Waals surface area contributed by atoms with E-state index < -0.39 is 0 Å². The minimum atomic E-state index is -0.0810. The maximum absolute atomic E-state index is 13.3. The largest absolute Gasteiger partial charge is 0.350 e. The summed E-state index contributed by atoms with van der Waals surface area (Å²) < 4.78 is 17.1. The normalized spacial score (nSPS) is 15.8. The zero-order valence-electron chi connectivity index (χ0n) is 17.5. The summed E-state index contributed by atoms with van der Waals surface area (Å²) in [5.74, 6) is 1.15. The molecule has 1 N–H and O–H groups in total. The smallest absolute Gasteiger partial charge is 0.264 e. The minimum Gasteiger partial charge on any atom is -0.350 e. The van der Waals surface area contributed by atoms with Gasteiger partial charge in [0.25, 0.3) is 5.56 Å². The second-order valence-corrected chi connectivity index (χ2v) is 8.58. The lowest BCUT2D eigenvalue weighted by Gasteiger charge is -2.17. The second kappa shape index (κ2) is 9.78. The fourth-order valence-corrected chi connectivity index (χ4v) is 4.51. The van der Waals surface area contributed by atoms with Gasteiger partial charge >= 0.3 is 0 Å². The Morgan fingerprint density at radius 2 is 2.03 bits per heavy atom. The summed E-state index contributed by atoms with van der Waals surface area (Å²) in [5.41, 5.74) is 1.85. The SMILES string of the molecule is Cc1nsc2nc(CC(C)CNCCC3OCCO3)n(Cc3ccccc3)c(=O)c12. The van der Waals surface area contributed by atoms with Crippen LogP contribution in [-0.2, 0) is 22.4 Å². The van der Waals surface area contributed by atoms with Crippen molar-refractivity contribution in [3.8, 4) is 0 Å². The molecular formula is C22H28N4O3S. The van der Waals surface area contributed by atoms with Gasteiger partial charge in [-0.3, -0.25) is 9.36 Å². The van der Waals surface area contributed by atoms with E-state index in [1.807, 2.05) is 41.8 Å². The molecule has 0 bridgehead atoms. The fourth-order valence-electron chi connectivity index (χ4n) is 3.72. The number of nitrogens with zero attached hydrogens (tertiary/aromatic N) is 3. The van der Waals surface area contributed by atoms with Crippen molar-refractivity contribution in [1.29, 1.82) is 0 Å². The van der Waals surface area contributed by atoms with Gasteiger partial charge in [-0.25, -0.2) is 4.98 Å². The van der Waals surface area contributed by atoms with Crippen molar-refractivity contribution >= 4 is 21.7 Å². The molecule has 1 aliphatic rings. The first-order valence-electron chi connectivity index (χ1n) is 10.5. The fraction of sp³-hybridized carbons (Fsp3) is 0.500. The van der Waals surface area contributed by atoms with Gasteiger partial charge in [-0.2, -0.15) is 4.37 Å². The van der Waals surface area contributed by atoms with E-state index in [0.717, 1.165) is 47.8 Å². The molecule has 1 aliphatic heterocycles. The Morgan fingerprint density at radius 1 is 1.27 bits per heavy atom. The van der Waals surface area contributed by atoms with Crippen LogP contribution in [0.4, 0.5) is 0 Å². The van der Waals surface area contributed by atoms with Gasteiger partial charge in [-0.1, -0.05) is 37.3 Å². The standard InChI is InChI=1S/C22H28N4O3S/c1-15(13-23-9-8-19-28-10-11-29-19)12-18-24-21-20(16(2)25-30-21)22(27)26(18)14-17-6-4-3-5-7-17/h3-7,15,19,23H,8-14H2,1-2H3. The van der Waals surface area contributed by atoms with Gasteiger partial charge in [0.05, 0.1) is 30.8 Å². The van der Waals surface area contributed by atoms with Crippen molar-refractivity contribution in [3.05, 3.63) is 57.8 Å². The number of ether oxygens (including phenoxy) is 2. The third-order valence-electron chi connectivity index (χ3n) is 5.30. The lowest BCUT2D eigenvalue weighted by molar-refractivity contribution is -0.0459. The molecule has 3 aromatic rings. The van der Waals surface area contributed by atoms with Crippen molar-refractivity contribution < 1.29 is 9.47 Å². The molecule has 8 heteroatoms. The Hall–Kier alpha value is -2.13. The lowest BCUT2D eigenvalue weighted by atomic mass is 10.1. The van der Waals surface area contributed by atoms with Crippen molar-refractivity contribution in [3.63, 3.8) is 0 Å². The van der Waals surface area contributed by atoms with E-state index in [9.17, 15) is 4.79 Å². The highest BCUT2D eigenvalue weighted by molar-refractivity contribution is 7.12. The molecule has 30 heavy (non-hydrogen) atoms. The molecule has 1 saturated heterocycles. The molecular weight excluding hydrogens is 400 g/mol. The number of hydrogen-bond acceptors (Lipinski definition) is 7. The molecule has 160 valence electrons. The minimum absolute atomic E-state index is 0.000734. The van der Waals surface area contributed by atoms with Gasteiger partial charge in [0.2, 0.25) is 0 Å². The van der Waals surface area contributed by atoms with Gasteiger partial charge in [0, 0.05) is 12.8 Å². The molecule has 3 heterocycles. The van der Waals surface area contributed by atoms with Crippen LogP contribution in [0.2, 0.25) is 0 Å². The summed E-state index contributed by atoms with van der Waals surface area (Å²) in [6.07, 6.45) is 1.48. The molecule has 1 fully saturated rings. The zero-order valence-corrected chi connectivity index (χ0v) is 18.3. The number of hydrogen-bond donors (Lipinski definition) is 1. The first kappa shape index (κ1) is 21.1. The molecule has 1 atom stereocenters. The Balaban J connectivity index is 1.48. The first-order chi connectivity index (χ1) is 14.6. The summed E-state index contributed by atoms with van der Waals surface area (Å²) in [5, 5.41) is 4.11. The third-order valence-corrected chi connectivity index (χ3v) is 6.13. The van der Waals surface area contributed by atoms with E-state index in [1.165, 1.54) is 11.5 Å². The van der Waals surface area contributed by atoms with Crippen molar-refractivity contribution in [2.24, 2.45) is 5.92 Å². The predicted molar refractivity (Wildman–Crippen MR) is 118 cm³/mol. The van der Waals surface area contributed by atoms with Crippen molar-refractivity contribution in [2.45, 2.75) is 39.5 Å². The highest BCUT2D eigenvalue weighted by Gasteiger charge is 2.18. The van der Waals surface area contributed by atoms with Crippen LogP contribution in [-0.4, -0.2) is 46.5 Å². The summed E-state index contributed by atoms with van der Waals surface area (Å²) >= 11 is 1.30. The Bertz CT molecular complexity index is 1030. The van der Waals surface area contributed by atoms with Gasteiger partial charge in [-0.15, -0.1) is 0 Å². The maximum Gasteiger partial charge on any atom is 0.264 e. The maximum atomic E-state index is 13.3. The van der Waals surface area contributed by atoms with E-state index in [0.29, 0.717) is 31.1 Å². The number of aryl methyl sites for hydroxylation is 1. The van der Waals surface area contributed by atoms with Crippen LogP contribution in [0.25, 0.3) is 10.2 Å². The van der Waals surface area contributed by atoms with Crippen LogP contribution >= 0.6 is 11.5 Å². The van der Waals surface area contributed by atoms with E-state index >= 15 is 0 Å². The molecule has 0 amide bonds. The van der Waals surface area contributed by atoms with Crippen LogP contribution < -0.4 is 10.9 Å². The molecule has 0 aliphatic carbocycles. The number of aromatic nitrogens is 3. The molecule has 1 aromatic carbocycles. The second-order valence-electron chi connectivity index (χ2n) is 7.83. The molecule has 0 saturated carbocycles. The Kier molecular flexibility index (Phi) is 6.89. The summed E-state index contributed by atoms with van der Waals surface area (Å²) in [6, 6.07) is 10.0. The number of rotatable bonds is 9. The van der Waals surface area contributed by atoms with E-state index in [1.54, 1.807) is 0 Å². The third kappa shape index (κ3) is 4.95. The van der Waals surface area contributed by atoms with Crippen LogP contribution in [0.5, 0.6) is 0 Å². The summed E-state index contributed by atoms with van der Waals surface area (Å²) in [6.45, 7) is 7.62. The molecule has 2 aromatic heterocycles. The average Bonchev–Trinajstić information content (AvgIpc) is 3.39. The molecule has 7 nitrogen and oxygen atoms in total. The van der Waals surface area contributed by atoms with Gasteiger partial charge in [-0.05, 0) is 43.0 Å². The summed E-state index contributed by atoms with van der Waals surface area (Å²) in [7, 11) is 0. The molecule has 0 radical (unpaired) electrons. The number of benzene rings is 1. The van der Waals surface area contributed by atoms with E-state index in [4.69, 9.17) is 14.5 Å². The average molecular weight is 429 g/mol. The van der Waals surface area contributed by atoms with Crippen LogP contribution in [0.3, 0.4) is 0 Å². The quantitative estimate of drug-likeness (QED) is 0.528. The van der Waals surface area contributed by atoms with Gasteiger partial charge in [0.1, 0.15) is 5.82 Å². The molecule has 4 rings (SSSR count). The topological polar surface area (TPSA) is 78.3 Å². The predicted octanol–water partition coefficient (Wildman–Crippen LogP) is 2.74. The Morgan fingerprint density at radius 3 is 2.80 bits per heavy atom. The van der Waals surface area contributed by atoms with Crippen LogP contribution in [0, 0.1) is 12.8 Å². The van der Waals surface area contributed by atoms with Crippen molar-refractivity contribution in [2.75, 3.05) is 26.3 Å². The van der Waals surface area contributed by atoms with E-state index in [2.05, 4.69) is 16.6 Å². The van der Waals surface area contributed by atoms with Crippen LogP contribution in [0.15, 0.2) is 35.1 Å². The lowest BCUT2D eigenvalue weighted by Crippen LogP contribution is -2.30. The highest BCUT2D eigenvalue weighted by atomic mass is 32.1. The zero-order chi connectivity index (χ0) is 20.9. The van der Waals surface area contributed by atoms with E-state index in [-0.39, 0.29) is 11.8 Å². The molecule has 1 unspecified atom stereocenters. The monoisotopic (exact) mass is 428 g/mol. The summed E-state index contributed by atoms with van der Waals surface area (Å²) in [4.78, 5) is 18.8. The number of fused-ring (bicyclic) bond motifs is 1. The van der Waals surface area contributed by atoms with Crippen LogP contribution in [0.1, 0.15) is 30.4 Å². The first-order valence-corrected chi connectivity index (χ1v) is 11.2.